The second kappa shape index (κ2) is 10.2. The molecule has 12 heteroatoms. The van der Waals surface area contributed by atoms with E-state index in [2.05, 4.69) is 20.0 Å². The number of alkyl halides is 1. The molecule has 7 nitrogen and oxygen atoms in total. The van der Waals surface area contributed by atoms with Gasteiger partial charge in [0.15, 0.2) is 0 Å². The normalized spacial score (nSPS) is 12.3. The molecular formula is C23H16F3IN4O3S. The van der Waals surface area contributed by atoms with Gasteiger partial charge in [-0.05, 0) is 59.0 Å². The second-order valence-electron chi connectivity index (χ2n) is 7.32. The predicted octanol–water partition coefficient (Wildman–Crippen LogP) is 4.75. The van der Waals surface area contributed by atoms with Gasteiger partial charge in [0.05, 0.1) is 22.8 Å². The van der Waals surface area contributed by atoms with Gasteiger partial charge in [0.25, 0.3) is 15.9 Å². The summed E-state index contributed by atoms with van der Waals surface area (Å²) >= 11 is 1.94. The predicted molar refractivity (Wildman–Crippen MR) is 132 cm³/mol. The van der Waals surface area contributed by atoms with Crippen LogP contribution < -0.4 is 10.0 Å². The first-order chi connectivity index (χ1) is 16.7. The van der Waals surface area contributed by atoms with Crippen LogP contribution in [0.1, 0.15) is 22.0 Å². The van der Waals surface area contributed by atoms with Crippen molar-refractivity contribution < 1.29 is 26.4 Å². The van der Waals surface area contributed by atoms with E-state index in [1.165, 1.54) is 36.7 Å². The standard InChI is InChI=1S/C23H16F3IN4O3S/c24-12-20(15-6-4-13(25)10-17(15)26)30-23(32)16-7-5-14(27)11-19(16)31-35(33,34)21-3-1-2-18-22(21)29-9-8-28-18/h1-11,20,31H,12H2,(H,30,32). The molecule has 0 aliphatic carbocycles. The summed E-state index contributed by atoms with van der Waals surface area (Å²) in [5.41, 5.74) is 0.0597. The van der Waals surface area contributed by atoms with Crippen molar-refractivity contribution in [1.82, 2.24) is 15.3 Å². The van der Waals surface area contributed by atoms with Crippen molar-refractivity contribution in [2.75, 3.05) is 11.4 Å². The van der Waals surface area contributed by atoms with Gasteiger partial charge in [-0.2, -0.15) is 0 Å². The third-order valence-electron chi connectivity index (χ3n) is 5.02. The van der Waals surface area contributed by atoms with Crippen LogP contribution >= 0.6 is 22.6 Å². The Morgan fingerprint density at radius 1 is 1.03 bits per heavy atom. The van der Waals surface area contributed by atoms with Crippen LogP contribution in [0.2, 0.25) is 0 Å². The second-order valence-corrected chi connectivity index (χ2v) is 10.2. The first-order valence-corrected chi connectivity index (χ1v) is 12.6. The Bertz CT molecular complexity index is 1530. The van der Waals surface area contributed by atoms with Crippen molar-refractivity contribution in [3.05, 3.63) is 93.3 Å². The molecule has 0 aliphatic rings. The fourth-order valence-electron chi connectivity index (χ4n) is 3.40. The minimum atomic E-state index is -4.22. The molecule has 180 valence electrons. The van der Waals surface area contributed by atoms with E-state index in [1.807, 2.05) is 22.6 Å². The minimum Gasteiger partial charge on any atom is -0.342 e. The van der Waals surface area contributed by atoms with Crippen molar-refractivity contribution in [3.63, 3.8) is 0 Å². The number of aromatic nitrogens is 2. The number of sulfonamides is 1. The quantitative estimate of drug-likeness (QED) is 0.294. The van der Waals surface area contributed by atoms with E-state index < -0.39 is 40.3 Å². The Labute approximate surface area is 212 Å². The number of fused-ring (bicyclic) bond motifs is 1. The zero-order valence-corrected chi connectivity index (χ0v) is 20.6. The van der Waals surface area contributed by atoms with Gasteiger partial charge in [0.2, 0.25) is 0 Å². The Morgan fingerprint density at radius 2 is 1.80 bits per heavy atom. The Balaban J connectivity index is 1.68. The largest absolute Gasteiger partial charge is 0.342 e. The average Bonchev–Trinajstić information content (AvgIpc) is 2.82. The first-order valence-electron chi connectivity index (χ1n) is 10.0. The van der Waals surface area contributed by atoms with Gasteiger partial charge in [0.1, 0.15) is 28.7 Å². The maximum absolute atomic E-state index is 14.1. The highest BCUT2D eigenvalue weighted by Crippen LogP contribution is 2.27. The molecule has 1 amide bonds. The van der Waals surface area contributed by atoms with Crippen LogP contribution in [0.5, 0.6) is 0 Å². The van der Waals surface area contributed by atoms with E-state index in [-0.39, 0.29) is 27.2 Å². The molecule has 1 aromatic heterocycles. The highest BCUT2D eigenvalue weighted by molar-refractivity contribution is 14.1. The van der Waals surface area contributed by atoms with E-state index >= 15 is 0 Å². The Kier molecular flexibility index (Phi) is 7.21. The van der Waals surface area contributed by atoms with Crippen molar-refractivity contribution >= 4 is 55.2 Å². The smallest absolute Gasteiger partial charge is 0.264 e. The molecule has 0 bridgehead atoms. The SMILES string of the molecule is O=C(NC(CF)c1ccc(F)cc1F)c1ccc(I)cc1NS(=O)(=O)c1cccc2nccnc12. The fraction of sp³-hybridized carbons (Fsp3) is 0.0870. The number of hydrogen-bond acceptors (Lipinski definition) is 5. The van der Waals surface area contributed by atoms with Gasteiger partial charge in [-0.3, -0.25) is 19.5 Å². The van der Waals surface area contributed by atoms with Gasteiger partial charge >= 0.3 is 0 Å². The number of rotatable bonds is 7. The van der Waals surface area contributed by atoms with E-state index in [9.17, 15) is 26.4 Å². The molecule has 0 saturated carbocycles. The zero-order valence-electron chi connectivity index (χ0n) is 17.7. The molecule has 4 aromatic rings. The highest BCUT2D eigenvalue weighted by Gasteiger charge is 2.24. The number of halogens is 4. The Morgan fingerprint density at radius 3 is 2.54 bits per heavy atom. The highest BCUT2D eigenvalue weighted by atomic mass is 127. The lowest BCUT2D eigenvalue weighted by atomic mass is 10.1. The van der Waals surface area contributed by atoms with E-state index in [1.54, 1.807) is 12.1 Å². The molecule has 2 N–H and O–H groups in total. The molecule has 0 spiro atoms. The summed E-state index contributed by atoms with van der Waals surface area (Å²) in [6.07, 6.45) is 2.79. The number of anilines is 1. The lowest BCUT2D eigenvalue weighted by Gasteiger charge is -2.19. The number of carbonyl (C=O) groups excluding carboxylic acids is 1. The third-order valence-corrected chi connectivity index (χ3v) is 7.09. The zero-order chi connectivity index (χ0) is 25.2. The van der Waals surface area contributed by atoms with Crippen molar-refractivity contribution in [3.8, 4) is 0 Å². The van der Waals surface area contributed by atoms with E-state index in [4.69, 9.17) is 0 Å². The number of hydrogen-bond donors (Lipinski definition) is 2. The molecular weight excluding hydrogens is 596 g/mol. The summed E-state index contributed by atoms with van der Waals surface area (Å²) < 4.78 is 70.5. The van der Waals surface area contributed by atoms with E-state index in [0.29, 0.717) is 15.2 Å². The molecule has 0 radical (unpaired) electrons. The topological polar surface area (TPSA) is 101 Å². The molecule has 1 atom stereocenters. The molecule has 1 heterocycles. The summed E-state index contributed by atoms with van der Waals surface area (Å²) in [5.74, 6) is -2.72. The summed E-state index contributed by atoms with van der Waals surface area (Å²) in [7, 11) is -4.22. The molecule has 1 unspecified atom stereocenters. The van der Waals surface area contributed by atoms with Gasteiger partial charge in [-0.1, -0.05) is 12.1 Å². The van der Waals surface area contributed by atoms with Gasteiger partial charge < -0.3 is 5.32 Å². The molecule has 3 aromatic carbocycles. The van der Waals surface area contributed by atoms with Crippen molar-refractivity contribution in [1.29, 1.82) is 0 Å². The van der Waals surface area contributed by atoms with Crippen LogP contribution in [0.3, 0.4) is 0 Å². The van der Waals surface area contributed by atoms with Gasteiger partial charge in [-0.25, -0.2) is 21.6 Å². The lowest BCUT2D eigenvalue weighted by Crippen LogP contribution is -2.31. The van der Waals surface area contributed by atoms with Crippen LogP contribution in [-0.2, 0) is 10.0 Å². The number of carbonyl (C=O) groups is 1. The number of benzene rings is 3. The number of para-hydroxylation sites is 1. The van der Waals surface area contributed by atoms with Crippen LogP contribution in [0.15, 0.2) is 71.9 Å². The number of amides is 1. The Hall–Kier alpha value is -3.26. The maximum atomic E-state index is 14.1. The lowest BCUT2D eigenvalue weighted by molar-refractivity contribution is 0.0930. The van der Waals surface area contributed by atoms with Crippen LogP contribution in [-0.4, -0.2) is 31.0 Å². The number of nitrogens with zero attached hydrogens (tertiary/aromatic N) is 2. The van der Waals surface area contributed by atoms with Crippen molar-refractivity contribution in [2.24, 2.45) is 0 Å². The summed E-state index contributed by atoms with van der Waals surface area (Å²) in [5, 5.41) is 2.34. The van der Waals surface area contributed by atoms with Crippen LogP contribution in [0.4, 0.5) is 18.9 Å². The average molecular weight is 612 g/mol. The van der Waals surface area contributed by atoms with Crippen LogP contribution in [0.25, 0.3) is 11.0 Å². The molecule has 0 aliphatic heterocycles. The maximum Gasteiger partial charge on any atom is 0.264 e. The summed E-state index contributed by atoms with van der Waals surface area (Å²) in [6.45, 7) is -1.17. The minimum absolute atomic E-state index is 0.0764. The first kappa shape index (κ1) is 24.9. The molecule has 0 fully saturated rings. The van der Waals surface area contributed by atoms with Crippen LogP contribution in [0, 0.1) is 15.2 Å². The van der Waals surface area contributed by atoms with Gasteiger partial charge in [0, 0.05) is 27.6 Å². The molecule has 0 saturated heterocycles. The number of nitrogens with one attached hydrogen (secondary N) is 2. The third kappa shape index (κ3) is 5.37. The van der Waals surface area contributed by atoms with Gasteiger partial charge in [-0.15, -0.1) is 0 Å². The summed E-state index contributed by atoms with van der Waals surface area (Å²) in [6, 6.07) is 9.96. The summed E-state index contributed by atoms with van der Waals surface area (Å²) in [4.78, 5) is 21.0. The molecule has 35 heavy (non-hydrogen) atoms. The van der Waals surface area contributed by atoms with E-state index in [0.717, 1.165) is 12.1 Å². The monoisotopic (exact) mass is 612 g/mol. The fourth-order valence-corrected chi connectivity index (χ4v) is 5.13. The molecule has 4 rings (SSSR count). The van der Waals surface area contributed by atoms with Crippen molar-refractivity contribution in [2.45, 2.75) is 10.9 Å².